The predicted octanol–water partition coefficient (Wildman–Crippen LogP) is 4.87. The van der Waals surface area contributed by atoms with Crippen LogP contribution in [0.4, 0.5) is 0 Å². The van der Waals surface area contributed by atoms with Gasteiger partial charge in [-0.3, -0.25) is 9.69 Å². The smallest absolute Gasteiger partial charge is 0.336 e. The van der Waals surface area contributed by atoms with E-state index in [-0.39, 0.29) is 5.91 Å². The molecule has 0 unspecified atom stereocenters. The molecule has 0 spiro atoms. The van der Waals surface area contributed by atoms with E-state index in [9.17, 15) is 9.59 Å². The number of carbonyl (C=O) groups excluding carboxylic acids is 2. The van der Waals surface area contributed by atoms with Gasteiger partial charge in [-0.2, -0.15) is 0 Å². The number of hydrogen-bond donors (Lipinski definition) is 0. The Labute approximate surface area is 200 Å². The second-order valence-corrected chi connectivity index (χ2v) is 9.02. The van der Waals surface area contributed by atoms with Gasteiger partial charge in [-0.25, -0.2) is 4.79 Å². The molecule has 0 N–H and O–H groups in total. The molecule has 1 aliphatic carbocycles. The van der Waals surface area contributed by atoms with Crippen LogP contribution in [0, 0.1) is 0 Å². The first-order valence-electron chi connectivity index (χ1n) is 11.8. The van der Waals surface area contributed by atoms with E-state index >= 15 is 0 Å². The normalized spacial score (nSPS) is 15.1. The largest absolute Gasteiger partial charge is 0.423 e. The lowest BCUT2D eigenvalue weighted by atomic mass is 10.0. The number of rotatable bonds is 4. The van der Waals surface area contributed by atoms with Gasteiger partial charge in [0, 0.05) is 43.9 Å². The quantitative estimate of drug-likeness (QED) is 0.252. The third-order valence-corrected chi connectivity index (χ3v) is 6.64. The standard InChI is InChI=1S/C29H28N2O3/c1-20(2)30-15-17-31(18-16-30)29(33)21-11-13-22(14-12-21)34-28(32)19-27-25-9-5-3-7-23(25)24-8-4-6-10-26(24)27/h3-14,19-20H,15-18H2,1-2H3. The number of nitrogens with zero attached hydrogens (tertiary/aromatic N) is 2. The van der Waals surface area contributed by atoms with Crippen molar-refractivity contribution in [3.05, 3.63) is 95.6 Å². The Kier molecular flexibility index (Phi) is 6.03. The van der Waals surface area contributed by atoms with Crippen molar-refractivity contribution in [1.82, 2.24) is 9.80 Å². The molecule has 3 aromatic rings. The van der Waals surface area contributed by atoms with Crippen LogP contribution in [-0.2, 0) is 4.79 Å². The highest BCUT2D eigenvalue weighted by Crippen LogP contribution is 2.43. The van der Waals surface area contributed by atoms with Gasteiger partial charge in [-0.15, -0.1) is 0 Å². The topological polar surface area (TPSA) is 49.9 Å². The minimum atomic E-state index is -0.439. The SMILES string of the molecule is CC(C)N1CCN(C(=O)c2ccc(OC(=O)C=C3c4ccccc4-c4ccccc43)cc2)CC1. The molecule has 1 amide bonds. The maximum Gasteiger partial charge on any atom is 0.336 e. The van der Waals surface area contributed by atoms with E-state index in [0.717, 1.165) is 54.0 Å². The van der Waals surface area contributed by atoms with Crippen LogP contribution in [-0.4, -0.2) is 53.9 Å². The van der Waals surface area contributed by atoms with Gasteiger partial charge in [0.2, 0.25) is 0 Å². The third kappa shape index (κ3) is 4.27. The molecule has 1 aliphatic heterocycles. The van der Waals surface area contributed by atoms with Crippen LogP contribution < -0.4 is 4.74 Å². The summed E-state index contributed by atoms with van der Waals surface area (Å²) >= 11 is 0. The van der Waals surface area contributed by atoms with Crippen LogP contribution in [0.15, 0.2) is 78.9 Å². The zero-order valence-electron chi connectivity index (χ0n) is 19.5. The number of carbonyl (C=O) groups is 2. The third-order valence-electron chi connectivity index (χ3n) is 6.64. The molecular weight excluding hydrogens is 424 g/mol. The first-order chi connectivity index (χ1) is 16.5. The Morgan fingerprint density at radius 2 is 1.29 bits per heavy atom. The van der Waals surface area contributed by atoms with Crippen LogP contribution in [0.1, 0.15) is 35.3 Å². The fraction of sp³-hybridized carbons (Fsp3) is 0.241. The summed E-state index contributed by atoms with van der Waals surface area (Å²) in [6.45, 7) is 7.59. The van der Waals surface area contributed by atoms with E-state index in [1.54, 1.807) is 30.3 Å². The minimum absolute atomic E-state index is 0.0163. The van der Waals surface area contributed by atoms with Gasteiger partial charge in [0.05, 0.1) is 0 Å². The maximum absolute atomic E-state index is 12.9. The highest BCUT2D eigenvalue weighted by molar-refractivity contribution is 6.07. The van der Waals surface area contributed by atoms with Crippen molar-refractivity contribution < 1.29 is 14.3 Å². The number of hydrogen-bond acceptors (Lipinski definition) is 4. The second kappa shape index (κ2) is 9.27. The molecule has 172 valence electrons. The number of ether oxygens (including phenoxy) is 1. The van der Waals surface area contributed by atoms with Crippen molar-refractivity contribution in [3.8, 4) is 16.9 Å². The van der Waals surface area contributed by atoms with Gasteiger partial charge >= 0.3 is 5.97 Å². The number of amides is 1. The summed E-state index contributed by atoms with van der Waals surface area (Å²) in [5, 5.41) is 0. The van der Waals surface area contributed by atoms with Crippen molar-refractivity contribution >= 4 is 17.4 Å². The van der Waals surface area contributed by atoms with E-state index in [1.807, 2.05) is 41.3 Å². The maximum atomic E-state index is 12.9. The minimum Gasteiger partial charge on any atom is -0.423 e. The van der Waals surface area contributed by atoms with E-state index in [0.29, 0.717) is 17.4 Å². The molecule has 2 aliphatic rings. The summed E-state index contributed by atoms with van der Waals surface area (Å²) in [5.74, 6) is -0.00412. The number of benzene rings is 3. The van der Waals surface area contributed by atoms with Crippen LogP contribution in [0.25, 0.3) is 16.7 Å². The van der Waals surface area contributed by atoms with E-state index in [1.165, 1.54) is 0 Å². The van der Waals surface area contributed by atoms with Crippen LogP contribution in [0.2, 0.25) is 0 Å². The first-order valence-corrected chi connectivity index (χ1v) is 11.8. The van der Waals surface area contributed by atoms with Crippen molar-refractivity contribution in [3.63, 3.8) is 0 Å². The van der Waals surface area contributed by atoms with Crippen LogP contribution in [0.5, 0.6) is 5.75 Å². The summed E-state index contributed by atoms with van der Waals surface area (Å²) in [7, 11) is 0. The number of fused-ring (bicyclic) bond motifs is 3. The molecule has 0 saturated carbocycles. The average molecular weight is 453 g/mol. The molecule has 34 heavy (non-hydrogen) atoms. The molecule has 0 bridgehead atoms. The van der Waals surface area contributed by atoms with Gasteiger partial charge in [0.1, 0.15) is 5.75 Å². The van der Waals surface area contributed by atoms with Gasteiger partial charge in [0.25, 0.3) is 5.91 Å². The van der Waals surface area contributed by atoms with Crippen molar-refractivity contribution in [2.75, 3.05) is 26.2 Å². The molecule has 1 saturated heterocycles. The molecule has 0 radical (unpaired) electrons. The van der Waals surface area contributed by atoms with Gasteiger partial charge in [-0.1, -0.05) is 48.5 Å². The lowest BCUT2D eigenvalue weighted by Gasteiger charge is -2.37. The summed E-state index contributed by atoms with van der Waals surface area (Å²) < 4.78 is 5.58. The van der Waals surface area contributed by atoms with Crippen molar-refractivity contribution in [2.45, 2.75) is 19.9 Å². The lowest BCUT2D eigenvalue weighted by molar-refractivity contribution is -0.128. The molecule has 5 rings (SSSR count). The Morgan fingerprint density at radius 1 is 0.765 bits per heavy atom. The Bertz CT molecular complexity index is 1200. The fourth-order valence-corrected chi connectivity index (χ4v) is 4.76. The van der Waals surface area contributed by atoms with E-state index < -0.39 is 5.97 Å². The van der Waals surface area contributed by atoms with E-state index in [2.05, 4.69) is 30.9 Å². The summed E-state index contributed by atoms with van der Waals surface area (Å²) in [6, 6.07) is 23.5. The molecular formula is C29H28N2O3. The first kappa shape index (κ1) is 22.1. The van der Waals surface area contributed by atoms with Gasteiger partial charge in [0.15, 0.2) is 0 Å². The van der Waals surface area contributed by atoms with Crippen molar-refractivity contribution in [1.29, 1.82) is 0 Å². The monoisotopic (exact) mass is 452 g/mol. The molecule has 1 fully saturated rings. The Balaban J connectivity index is 1.28. The van der Waals surface area contributed by atoms with E-state index in [4.69, 9.17) is 4.74 Å². The molecule has 3 aromatic carbocycles. The molecule has 1 heterocycles. The van der Waals surface area contributed by atoms with Gasteiger partial charge < -0.3 is 9.64 Å². The predicted molar refractivity (Wildman–Crippen MR) is 134 cm³/mol. The Morgan fingerprint density at radius 3 is 1.82 bits per heavy atom. The summed E-state index contributed by atoms with van der Waals surface area (Å²) in [6.07, 6.45) is 1.55. The van der Waals surface area contributed by atoms with Gasteiger partial charge in [-0.05, 0) is 65.9 Å². The fourth-order valence-electron chi connectivity index (χ4n) is 4.76. The summed E-state index contributed by atoms with van der Waals surface area (Å²) in [4.78, 5) is 29.9. The molecule has 0 atom stereocenters. The zero-order chi connectivity index (χ0) is 23.7. The molecule has 0 aromatic heterocycles. The van der Waals surface area contributed by atoms with Crippen LogP contribution in [0.3, 0.4) is 0 Å². The highest BCUT2D eigenvalue weighted by Gasteiger charge is 2.25. The lowest BCUT2D eigenvalue weighted by Crippen LogP contribution is -2.50. The molecule has 5 heteroatoms. The Hall–Kier alpha value is -3.70. The van der Waals surface area contributed by atoms with Crippen LogP contribution >= 0.6 is 0 Å². The number of esters is 1. The molecule has 5 nitrogen and oxygen atoms in total. The highest BCUT2D eigenvalue weighted by atomic mass is 16.5. The van der Waals surface area contributed by atoms with Crippen molar-refractivity contribution in [2.24, 2.45) is 0 Å². The zero-order valence-corrected chi connectivity index (χ0v) is 19.5. The number of piperazine rings is 1. The average Bonchev–Trinajstić information content (AvgIpc) is 3.18. The summed E-state index contributed by atoms with van der Waals surface area (Å²) in [5.41, 5.74) is 5.76. The second-order valence-electron chi connectivity index (χ2n) is 9.02.